The molecule has 9 nitrogen and oxygen atoms in total. The Morgan fingerprint density at radius 3 is 2.24 bits per heavy atom. The van der Waals surface area contributed by atoms with Crippen LogP contribution in [0.4, 0.5) is 5.69 Å². The van der Waals surface area contributed by atoms with E-state index in [-0.39, 0.29) is 24.7 Å². The second kappa shape index (κ2) is 10.8. The summed E-state index contributed by atoms with van der Waals surface area (Å²) in [5.41, 5.74) is 0.591. The molecule has 0 bridgehead atoms. The summed E-state index contributed by atoms with van der Waals surface area (Å²) in [7, 11) is -3.54. The zero-order valence-electron chi connectivity index (χ0n) is 19.6. The standard InChI is InChI=1S/C24H32N4O5S/c1-19-16-28(17-20(2)32-19)34(30,31)27-14-12-26(13-15-27)18-24(29)25-22-10-6-7-11-23(22)33-21-8-4-3-5-9-21/h3-11,19-20H,12-18H2,1-2H3,(H,25,29). The number of nitrogens with one attached hydrogen (secondary N) is 1. The number of benzene rings is 2. The van der Waals surface area contributed by atoms with Crippen LogP contribution in [0.1, 0.15) is 13.8 Å². The van der Waals surface area contributed by atoms with Crippen LogP contribution in [-0.2, 0) is 19.7 Å². The number of piperazine rings is 1. The van der Waals surface area contributed by atoms with E-state index >= 15 is 0 Å². The third-order valence-electron chi connectivity index (χ3n) is 5.87. The van der Waals surface area contributed by atoms with Crippen molar-refractivity contribution in [2.45, 2.75) is 26.1 Å². The third kappa shape index (κ3) is 6.13. The molecule has 1 N–H and O–H groups in total. The number of morpholine rings is 1. The van der Waals surface area contributed by atoms with E-state index in [2.05, 4.69) is 5.32 Å². The van der Waals surface area contributed by atoms with Crippen LogP contribution in [0.5, 0.6) is 11.5 Å². The van der Waals surface area contributed by atoms with Crippen molar-refractivity contribution in [2.24, 2.45) is 0 Å². The predicted octanol–water partition coefficient (Wildman–Crippen LogP) is 2.39. The lowest BCUT2D eigenvalue weighted by Gasteiger charge is -2.40. The molecular formula is C24H32N4O5S. The lowest BCUT2D eigenvalue weighted by molar-refractivity contribution is -0.117. The second-order valence-corrected chi connectivity index (χ2v) is 10.6. The minimum absolute atomic E-state index is 0.128. The fraction of sp³-hybridized carbons (Fsp3) is 0.458. The highest BCUT2D eigenvalue weighted by atomic mass is 32.2. The molecule has 1 amide bonds. The molecule has 2 atom stereocenters. The first-order chi connectivity index (χ1) is 16.3. The van der Waals surface area contributed by atoms with Gasteiger partial charge in [-0.3, -0.25) is 9.69 Å². The van der Waals surface area contributed by atoms with Crippen LogP contribution in [0.3, 0.4) is 0 Å². The molecule has 2 aliphatic heterocycles. The number of amides is 1. The van der Waals surface area contributed by atoms with E-state index in [9.17, 15) is 13.2 Å². The van der Waals surface area contributed by atoms with Crippen LogP contribution < -0.4 is 10.1 Å². The van der Waals surface area contributed by atoms with Gasteiger partial charge in [0.15, 0.2) is 5.75 Å². The molecule has 2 unspecified atom stereocenters. The van der Waals surface area contributed by atoms with Crippen LogP contribution in [0.15, 0.2) is 54.6 Å². The van der Waals surface area contributed by atoms with E-state index in [1.807, 2.05) is 61.2 Å². The third-order valence-corrected chi connectivity index (χ3v) is 7.84. The molecule has 0 aromatic heterocycles. The molecule has 34 heavy (non-hydrogen) atoms. The van der Waals surface area contributed by atoms with E-state index in [4.69, 9.17) is 9.47 Å². The first-order valence-corrected chi connectivity index (χ1v) is 13.0. The highest BCUT2D eigenvalue weighted by molar-refractivity contribution is 7.86. The van der Waals surface area contributed by atoms with Gasteiger partial charge in [0.2, 0.25) is 5.91 Å². The number of hydrogen-bond donors (Lipinski definition) is 1. The van der Waals surface area contributed by atoms with Gasteiger partial charge >= 0.3 is 0 Å². The van der Waals surface area contributed by atoms with Gasteiger partial charge in [-0.05, 0) is 38.1 Å². The van der Waals surface area contributed by atoms with Gasteiger partial charge in [0.05, 0.1) is 24.4 Å². The summed E-state index contributed by atoms with van der Waals surface area (Å²) >= 11 is 0. The fourth-order valence-corrected chi connectivity index (χ4v) is 6.02. The lowest BCUT2D eigenvalue weighted by Crippen LogP contribution is -2.57. The van der Waals surface area contributed by atoms with Crippen molar-refractivity contribution < 1.29 is 22.7 Å². The maximum absolute atomic E-state index is 13.1. The van der Waals surface area contributed by atoms with Crippen molar-refractivity contribution in [1.29, 1.82) is 0 Å². The van der Waals surface area contributed by atoms with Gasteiger partial charge in [0, 0.05) is 39.3 Å². The Bertz CT molecular complexity index is 1060. The zero-order valence-corrected chi connectivity index (χ0v) is 20.4. The van der Waals surface area contributed by atoms with Gasteiger partial charge in [-0.15, -0.1) is 0 Å². The van der Waals surface area contributed by atoms with Crippen molar-refractivity contribution in [3.63, 3.8) is 0 Å². The normalized spacial score (nSPS) is 22.9. The van der Waals surface area contributed by atoms with Crippen LogP contribution in [0, 0.1) is 0 Å². The highest BCUT2D eigenvalue weighted by Gasteiger charge is 2.36. The first-order valence-electron chi connectivity index (χ1n) is 11.6. The van der Waals surface area contributed by atoms with Gasteiger partial charge in [-0.25, -0.2) is 0 Å². The Kier molecular flexibility index (Phi) is 7.84. The van der Waals surface area contributed by atoms with Crippen molar-refractivity contribution in [2.75, 3.05) is 51.1 Å². The molecule has 2 saturated heterocycles. The summed E-state index contributed by atoms with van der Waals surface area (Å²) in [6.45, 7) is 6.36. The molecule has 4 rings (SSSR count). The quantitative estimate of drug-likeness (QED) is 0.644. The molecular weight excluding hydrogens is 456 g/mol. The zero-order chi connectivity index (χ0) is 24.1. The van der Waals surface area contributed by atoms with Crippen molar-refractivity contribution in [3.8, 4) is 11.5 Å². The Balaban J connectivity index is 1.30. The maximum atomic E-state index is 13.1. The number of nitrogens with zero attached hydrogens (tertiary/aromatic N) is 3. The molecule has 0 radical (unpaired) electrons. The molecule has 0 spiro atoms. The number of ether oxygens (including phenoxy) is 2. The Morgan fingerprint density at radius 2 is 1.56 bits per heavy atom. The van der Waals surface area contributed by atoms with E-state index < -0.39 is 10.2 Å². The van der Waals surface area contributed by atoms with Crippen LogP contribution in [0.25, 0.3) is 0 Å². The summed E-state index contributed by atoms with van der Waals surface area (Å²) in [6, 6.07) is 16.7. The minimum atomic E-state index is -3.54. The molecule has 0 saturated carbocycles. The number of carbonyl (C=O) groups is 1. The molecule has 184 valence electrons. The van der Waals surface area contributed by atoms with E-state index in [1.54, 1.807) is 12.1 Å². The van der Waals surface area contributed by atoms with Gasteiger partial charge in [-0.2, -0.15) is 17.0 Å². The molecule has 2 fully saturated rings. The average molecular weight is 489 g/mol. The van der Waals surface area contributed by atoms with Crippen molar-refractivity contribution in [3.05, 3.63) is 54.6 Å². The molecule has 10 heteroatoms. The van der Waals surface area contributed by atoms with E-state index in [0.29, 0.717) is 56.5 Å². The number of para-hydroxylation sites is 3. The summed E-state index contributed by atoms with van der Waals surface area (Å²) in [6.07, 6.45) is -0.255. The van der Waals surface area contributed by atoms with Gasteiger partial charge in [-0.1, -0.05) is 30.3 Å². The monoisotopic (exact) mass is 488 g/mol. The molecule has 2 aromatic carbocycles. The largest absolute Gasteiger partial charge is 0.455 e. The number of anilines is 1. The topological polar surface area (TPSA) is 91.4 Å². The molecule has 2 aromatic rings. The van der Waals surface area contributed by atoms with Crippen LogP contribution in [0.2, 0.25) is 0 Å². The lowest BCUT2D eigenvalue weighted by atomic mass is 10.2. The fourth-order valence-electron chi connectivity index (χ4n) is 4.27. The smallest absolute Gasteiger partial charge is 0.282 e. The average Bonchev–Trinajstić information content (AvgIpc) is 2.81. The molecule has 0 aliphatic carbocycles. The minimum Gasteiger partial charge on any atom is -0.455 e. The van der Waals surface area contributed by atoms with Gasteiger partial charge in [0.25, 0.3) is 10.2 Å². The SMILES string of the molecule is CC1CN(S(=O)(=O)N2CCN(CC(=O)Nc3ccccc3Oc3ccccc3)CC2)CC(C)O1. The summed E-state index contributed by atoms with van der Waals surface area (Å²) in [5, 5.41) is 2.92. The number of hydrogen-bond acceptors (Lipinski definition) is 6. The first kappa shape index (κ1) is 24.6. The highest BCUT2D eigenvalue weighted by Crippen LogP contribution is 2.29. The number of rotatable bonds is 7. The van der Waals surface area contributed by atoms with Gasteiger partial charge in [0.1, 0.15) is 5.75 Å². The summed E-state index contributed by atoms with van der Waals surface area (Å²) in [5.74, 6) is 1.08. The predicted molar refractivity (Wildman–Crippen MR) is 130 cm³/mol. The van der Waals surface area contributed by atoms with Gasteiger partial charge < -0.3 is 14.8 Å². The Hall–Kier alpha value is -2.50. The second-order valence-electron chi connectivity index (χ2n) is 8.72. The van der Waals surface area contributed by atoms with E-state index in [1.165, 1.54) is 8.61 Å². The molecule has 2 aliphatic rings. The van der Waals surface area contributed by atoms with E-state index in [0.717, 1.165) is 0 Å². The Labute approximate surface area is 201 Å². The van der Waals surface area contributed by atoms with Crippen LogP contribution in [-0.4, -0.2) is 85.9 Å². The van der Waals surface area contributed by atoms with Crippen LogP contribution >= 0.6 is 0 Å². The van der Waals surface area contributed by atoms with Crippen molar-refractivity contribution >= 4 is 21.8 Å². The summed E-state index contributed by atoms with van der Waals surface area (Å²) in [4.78, 5) is 14.7. The number of carbonyl (C=O) groups excluding carboxylic acids is 1. The Morgan fingerprint density at radius 1 is 0.941 bits per heavy atom. The maximum Gasteiger partial charge on any atom is 0.282 e. The van der Waals surface area contributed by atoms with Crippen molar-refractivity contribution in [1.82, 2.24) is 13.5 Å². The summed E-state index contributed by atoms with van der Waals surface area (Å²) < 4.78 is 40.7. The molecule has 2 heterocycles.